The lowest BCUT2D eigenvalue weighted by molar-refractivity contribution is -0.275. The van der Waals surface area contributed by atoms with Gasteiger partial charge >= 0.3 is 12.1 Å². The zero-order valence-electron chi connectivity index (χ0n) is 13.4. The van der Waals surface area contributed by atoms with E-state index in [1.807, 2.05) is 0 Å². The number of benzene rings is 1. The number of carbonyl (C=O) groups is 1. The molecule has 3 atom stereocenters. The molecule has 0 fully saturated rings. The number of carboxylic acids is 1. The first-order valence-corrected chi connectivity index (χ1v) is 7.71. The van der Waals surface area contributed by atoms with E-state index in [9.17, 15) is 23.1 Å². The molecule has 0 saturated heterocycles. The molecule has 2 aliphatic rings. The highest BCUT2D eigenvalue weighted by Crippen LogP contribution is 2.54. The van der Waals surface area contributed by atoms with E-state index in [4.69, 9.17) is 9.47 Å². The van der Waals surface area contributed by atoms with Crippen molar-refractivity contribution in [2.75, 3.05) is 7.11 Å². The van der Waals surface area contributed by atoms with E-state index in [0.29, 0.717) is 0 Å². The van der Waals surface area contributed by atoms with Crippen LogP contribution in [0.2, 0.25) is 0 Å². The van der Waals surface area contributed by atoms with E-state index in [2.05, 4.69) is 0 Å². The van der Waals surface area contributed by atoms with Crippen molar-refractivity contribution in [3.05, 3.63) is 54.1 Å². The molecule has 0 aromatic heterocycles. The number of para-hydroxylation sites is 1. The Labute approximate surface area is 142 Å². The highest BCUT2D eigenvalue weighted by atomic mass is 19.4. The van der Waals surface area contributed by atoms with E-state index < -0.39 is 35.7 Å². The van der Waals surface area contributed by atoms with Crippen LogP contribution >= 0.6 is 0 Å². The second-order valence-electron chi connectivity index (χ2n) is 6.21. The van der Waals surface area contributed by atoms with Crippen LogP contribution in [0.1, 0.15) is 12.0 Å². The molecule has 3 unspecified atom stereocenters. The molecule has 134 valence electrons. The minimum Gasteiger partial charge on any atom is -0.485 e. The summed E-state index contributed by atoms with van der Waals surface area (Å²) in [5, 5.41) is 9.66. The Morgan fingerprint density at radius 3 is 2.60 bits per heavy atom. The van der Waals surface area contributed by atoms with Crippen LogP contribution in [0.5, 0.6) is 5.75 Å². The zero-order chi connectivity index (χ0) is 18.3. The molecule has 25 heavy (non-hydrogen) atoms. The lowest BCUT2D eigenvalue weighted by atomic mass is 9.66. The third kappa shape index (κ3) is 2.54. The monoisotopic (exact) mass is 354 g/mol. The molecule has 7 heteroatoms. The molecule has 4 nitrogen and oxygen atoms in total. The third-order valence-corrected chi connectivity index (χ3v) is 4.91. The first-order valence-electron chi connectivity index (χ1n) is 7.71. The molecule has 0 bridgehead atoms. The number of ether oxygens (including phenoxy) is 2. The number of aliphatic carboxylic acids is 1. The molecule has 0 saturated carbocycles. The maximum absolute atomic E-state index is 14.1. The van der Waals surface area contributed by atoms with E-state index >= 15 is 0 Å². The number of hydrogen-bond donors (Lipinski definition) is 1. The van der Waals surface area contributed by atoms with Crippen LogP contribution in [0.25, 0.3) is 0 Å². The summed E-state index contributed by atoms with van der Waals surface area (Å²) in [6.07, 6.45) is -1.14. The van der Waals surface area contributed by atoms with Gasteiger partial charge in [-0.15, -0.1) is 0 Å². The van der Waals surface area contributed by atoms with Gasteiger partial charge < -0.3 is 14.6 Å². The second kappa shape index (κ2) is 5.91. The summed E-state index contributed by atoms with van der Waals surface area (Å²) < 4.78 is 53.3. The number of carboxylic acid groups (broad SMARTS) is 1. The fraction of sp³-hybridized carbons (Fsp3) is 0.389. The molecule has 0 radical (unpaired) electrons. The average molecular weight is 354 g/mol. The molecule has 1 aliphatic carbocycles. The predicted molar refractivity (Wildman–Crippen MR) is 83.3 cm³/mol. The Morgan fingerprint density at radius 2 is 2.04 bits per heavy atom. The van der Waals surface area contributed by atoms with Gasteiger partial charge in [-0.05, 0) is 17.7 Å². The fourth-order valence-corrected chi connectivity index (χ4v) is 3.53. The summed E-state index contributed by atoms with van der Waals surface area (Å²) in [4.78, 5) is 11.9. The van der Waals surface area contributed by atoms with Crippen molar-refractivity contribution >= 4 is 5.97 Å². The fourth-order valence-electron chi connectivity index (χ4n) is 3.53. The predicted octanol–water partition coefficient (Wildman–Crippen LogP) is 3.52. The van der Waals surface area contributed by atoms with Crippen LogP contribution in [0.15, 0.2) is 48.6 Å². The first-order chi connectivity index (χ1) is 11.8. The van der Waals surface area contributed by atoms with Gasteiger partial charge in [0.25, 0.3) is 0 Å². The Kier molecular flexibility index (Phi) is 4.15. The van der Waals surface area contributed by atoms with Gasteiger partial charge in [0.15, 0.2) is 6.10 Å². The minimum absolute atomic E-state index is 0.0813. The van der Waals surface area contributed by atoms with Crippen molar-refractivity contribution in [1.82, 2.24) is 0 Å². The maximum Gasteiger partial charge on any atom is 0.409 e. The van der Waals surface area contributed by atoms with Crippen LogP contribution in [-0.2, 0) is 16.0 Å². The molecular weight excluding hydrogens is 337 g/mol. The van der Waals surface area contributed by atoms with Crippen LogP contribution in [-0.4, -0.2) is 36.1 Å². The van der Waals surface area contributed by atoms with Crippen LogP contribution < -0.4 is 4.74 Å². The number of rotatable bonds is 3. The van der Waals surface area contributed by atoms with Gasteiger partial charge in [0.2, 0.25) is 5.41 Å². The topological polar surface area (TPSA) is 55.8 Å². The number of alkyl halides is 3. The second-order valence-corrected chi connectivity index (χ2v) is 6.21. The molecule has 0 spiro atoms. The van der Waals surface area contributed by atoms with E-state index in [1.54, 1.807) is 30.4 Å². The molecular formula is C18H17F3O4. The third-order valence-electron chi connectivity index (χ3n) is 4.91. The van der Waals surface area contributed by atoms with Gasteiger partial charge in [-0.25, -0.2) is 0 Å². The summed E-state index contributed by atoms with van der Waals surface area (Å²) in [5.41, 5.74) is -4.44. The smallest absolute Gasteiger partial charge is 0.409 e. The Morgan fingerprint density at radius 1 is 1.32 bits per heavy atom. The standard InChI is InChI=1S/C18H17F3O4/c1-24-16(9-5-2-6-10-16)14-17(15(22)23,18(19,20)21)11-12-7-3-4-8-13(12)25-14/h2-9,14H,10-11H2,1H3,(H,22,23). The van der Waals surface area contributed by atoms with Crippen molar-refractivity contribution in [2.45, 2.75) is 30.7 Å². The van der Waals surface area contributed by atoms with Gasteiger partial charge in [0, 0.05) is 20.0 Å². The summed E-state index contributed by atoms with van der Waals surface area (Å²) in [5.74, 6) is -1.73. The maximum atomic E-state index is 14.1. The van der Waals surface area contributed by atoms with Gasteiger partial charge in [0.1, 0.15) is 11.4 Å². The number of hydrogen-bond acceptors (Lipinski definition) is 3. The minimum atomic E-state index is -5.03. The number of fused-ring (bicyclic) bond motifs is 1. The summed E-state index contributed by atoms with van der Waals surface area (Å²) >= 11 is 0. The summed E-state index contributed by atoms with van der Waals surface area (Å²) in [6.45, 7) is 0. The molecule has 3 rings (SSSR count). The Balaban J connectivity index is 2.23. The lowest BCUT2D eigenvalue weighted by Gasteiger charge is -2.49. The number of methoxy groups -OCH3 is 1. The zero-order valence-corrected chi connectivity index (χ0v) is 13.4. The van der Waals surface area contributed by atoms with E-state index in [0.717, 1.165) is 0 Å². The van der Waals surface area contributed by atoms with Gasteiger partial charge in [-0.1, -0.05) is 36.4 Å². The summed E-state index contributed by atoms with van der Waals surface area (Å²) in [6, 6.07) is 6.18. The van der Waals surface area contributed by atoms with Crippen LogP contribution in [0.3, 0.4) is 0 Å². The largest absolute Gasteiger partial charge is 0.485 e. The van der Waals surface area contributed by atoms with E-state index in [1.165, 1.54) is 25.3 Å². The van der Waals surface area contributed by atoms with Gasteiger partial charge in [-0.3, -0.25) is 4.79 Å². The SMILES string of the molecule is COC1(C2Oc3ccccc3CC2(C(=O)O)C(F)(F)F)C=CC=CC1. The van der Waals surface area contributed by atoms with Crippen molar-refractivity contribution in [3.63, 3.8) is 0 Å². The van der Waals surface area contributed by atoms with Crippen molar-refractivity contribution in [2.24, 2.45) is 5.41 Å². The van der Waals surface area contributed by atoms with Crippen molar-refractivity contribution in [1.29, 1.82) is 0 Å². The highest BCUT2D eigenvalue weighted by Gasteiger charge is 2.72. The normalized spacial score (nSPS) is 31.3. The number of allylic oxidation sites excluding steroid dienone is 2. The molecule has 1 aromatic rings. The van der Waals surface area contributed by atoms with Crippen molar-refractivity contribution in [3.8, 4) is 5.75 Å². The number of halogens is 3. The molecule has 1 aliphatic heterocycles. The average Bonchev–Trinajstić information content (AvgIpc) is 2.60. The Bertz CT molecular complexity index is 740. The van der Waals surface area contributed by atoms with Crippen molar-refractivity contribution < 1.29 is 32.5 Å². The van der Waals surface area contributed by atoms with E-state index in [-0.39, 0.29) is 17.7 Å². The Hall–Kier alpha value is -2.28. The summed E-state index contributed by atoms with van der Waals surface area (Å²) in [7, 11) is 1.26. The lowest BCUT2D eigenvalue weighted by Crippen LogP contribution is -2.66. The van der Waals surface area contributed by atoms with Gasteiger partial charge in [-0.2, -0.15) is 13.2 Å². The van der Waals surface area contributed by atoms with Crippen LogP contribution in [0, 0.1) is 5.41 Å². The first kappa shape index (κ1) is 17.5. The molecule has 1 aromatic carbocycles. The molecule has 1 N–H and O–H groups in total. The highest BCUT2D eigenvalue weighted by molar-refractivity contribution is 5.78. The molecule has 0 amide bonds. The quantitative estimate of drug-likeness (QED) is 0.902. The van der Waals surface area contributed by atoms with Gasteiger partial charge in [0.05, 0.1) is 0 Å². The van der Waals surface area contributed by atoms with Crippen LogP contribution in [0.4, 0.5) is 13.2 Å². The molecule has 1 heterocycles.